The van der Waals surface area contributed by atoms with Gasteiger partial charge < -0.3 is 15.7 Å². The summed E-state index contributed by atoms with van der Waals surface area (Å²) in [6.45, 7) is 10.8. The zero-order valence-corrected chi connectivity index (χ0v) is 15.4. The first-order valence-electron chi connectivity index (χ1n) is 8.66. The monoisotopic (exact) mass is 358 g/mol. The minimum atomic E-state index is -0.475. The number of nitrogens with one attached hydrogen (secondary N) is 2. The topological polar surface area (TPSA) is 96.2 Å². The van der Waals surface area contributed by atoms with Gasteiger partial charge in [-0.1, -0.05) is 12.7 Å². The molecule has 0 aromatic carbocycles. The van der Waals surface area contributed by atoms with Gasteiger partial charge in [0, 0.05) is 42.5 Å². The molecule has 7 nitrogen and oxygen atoms in total. The first-order valence-corrected chi connectivity index (χ1v) is 8.66. The van der Waals surface area contributed by atoms with Gasteiger partial charge in [0.25, 0.3) is 5.91 Å². The zero-order chi connectivity index (χ0) is 19.3. The van der Waals surface area contributed by atoms with Gasteiger partial charge in [0.15, 0.2) is 5.78 Å². The third kappa shape index (κ3) is 4.11. The number of nitrogens with zero attached hydrogens (tertiary/aromatic N) is 2. The van der Waals surface area contributed by atoms with Crippen molar-refractivity contribution in [3.63, 3.8) is 0 Å². The van der Waals surface area contributed by atoms with E-state index in [1.807, 2.05) is 10.7 Å². The predicted molar refractivity (Wildman–Crippen MR) is 99.8 cm³/mol. The number of allylic oxidation sites excluding steroid dienone is 2. The molecule has 1 aliphatic rings. The summed E-state index contributed by atoms with van der Waals surface area (Å²) in [7, 11) is 0. The minimum absolute atomic E-state index is 0.0568. The molecule has 140 valence electrons. The van der Waals surface area contributed by atoms with Crippen LogP contribution in [0.5, 0.6) is 0 Å². The van der Waals surface area contributed by atoms with E-state index in [2.05, 4.69) is 36.2 Å². The Hall–Kier alpha value is -2.67. The van der Waals surface area contributed by atoms with Crippen molar-refractivity contribution in [2.24, 2.45) is 0 Å². The van der Waals surface area contributed by atoms with Gasteiger partial charge >= 0.3 is 0 Å². The number of amides is 1. The fourth-order valence-corrected chi connectivity index (χ4v) is 3.10. The van der Waals surface area contributed by atoms with E-state index in [4.69, 9.17) is 0 Å². The van der Waals surface area contributed by atoms with Crippen molar-refractivity contribution in [1.82, 2.24) is 20.4 Å². The summed E-state index contributed by atoms with van der Waals surface area (Å²) in [5, 5.41) is 19.9. The lowest BCUT2D eigenvalue weighted by Gasteiger charge is -2.23. The number of aromatic nitrogens is 2. The molecular formula is C19H26N4O3. The molecule has 2 rings (SSSR count). The van der Waals surface area contributed by atoms with Crippen molar-refractivity contribution >= 4 is 11.7 Å². The molecule has 0 radical (unpaired) electrons. The number of aliphatic hydroxyl groups is 1. The first-order chi connectivity index (χ1) is 12.4. The van der Waals surface area contributed by atoms with Crippen LogP contribution < -0.4 is 10.6 Å². The van der Waals surface area contributed by atoms with Crippen molar-refractivity contribution < 1.29 is 14.7 Å². The second kappa shape index (κ2) is 8.62. The lowest BCUT2D eigenvalue weighted by Crippen LogP contribution is -2.41. The van der Waals surface area contributed by atoms with Gasteiger partial charge in [-0.05, 0) is 32.9 Å². The molecule has 1 amide bonds. The Morgan fingerprint density at radius 2 is 2.19 bits per heavy atom. The van der Waals surface area contributed by atoms with E-state index in [9.17, 15) is 14.7 Å². The third-order valence-electron chi connectivity index (χ3n) is 4.41. The molecule has 2 heterocycles. The summed E-state index contributed by atoms with van der Waals surface area (Å²) in [6.07, 6.45) is 5.21. The van der Waals surface area contributed by atoms with Gasteiger partial charge in [0.05, 0.1) is 17.9 Å². The van der Waals surface area contributed by atoms with Crippen molar-refractivity contribution in [3.8, 4) is 0 Å². The van der Waals surface area contributed by atoms with E-state index in [0.717, 1.165) is 12.2 Å². The van der Waals surface area contributed by atoms with Crippen molar-refractivity contribution in [3.05, 3.63) is 54.1 Å². The molecule has 2 unspecified atom stereocenters. The standard InChI is InChI=1S/C19H26N4O3/c1-5-6-18(25)15(11-24)13(4)19(26)22-16-10-20-9-14(16)17-7-8-21-23(17)12(2)3/h5-8,11-12,14,16,20,24H,4,9-10H2,1-3H3,(H,22,26)/b6-5-,15-11?. The first kappa shape index (κ1) is 19.7. The highest BCUT2D eigenvalue weighted by Gasteiger charge is 2.33. The number of hydrogen-bond acceptors (Lipinski definition) is 5. The number of carbonyl (C=O) groups is 2. The highest BCUT2D eigenvalue weighted by molar-refractivity contribution is 6.15. The van der Waals surface area contributed by atoms with E-state index >= 15 is 0 Å². The SMILES string of the molecule is C=C(C(=O)NC1CNCC1c1ccnn1C(C)C)C(=CO)C(=O)/C=C\C. The summed E-state index contributed by atoms with van der Waals surface area (Å²) in [4.78, 5) is 24.5. The Bertz CT molecular complexity index is 746. The highest BCUT2D eigenvalue weighted by Crippen LogP contribution is 2.25. The molecule has 7 heteroatoms. The van der Waals surface area contributed by atoms with Gasteiger partial charge in [0.1, 0.15) is 0 Å². The minimum Gasteiger partial charge on any atom is -0.515 e. The number of ketones is 1. The van der Waals surface area contributed by atoms with Crippen LogP contribution in [0.3, 0.4) is 0 Å². The fourth-order valence-electron chi connectivity index (χ4n) is 3.10. The van der Waals surface area contributed by atoms with Crippen LogP contribution in [0.15, 0.2) is 48.4 Å². The van der Waals surface area contributed by atoms with Crippen LogP contribution in [0, 0.1) is 0 Å². The zero-order valence-electron chi connectivity index (χ0n) is 15.4. The van der Waals surface area contributed by atoms with Crippen molar-refractivity contribution in [2.45, 2.75) is 38.8 Å². The molecule has 1 aromatic rings. The van der Waals surface area contributed by atoms with Crippen LogP contribution in [0.25, 0.3) is 0 Å². The van der Waals surface area contributed by atoms with Crippen LogP contribution in [0.2, 0.25) is 0 Å². The Labute approximate surface area is 153 Å². The number of rotatable bonds is 7. The van der Waals surface area contributed by atoms with E-state index in [1.165, 1.54) is 6.08 Å². The smallest absolute Gasteiger partial charge is 0.251 e. The third-order valence-corrected chi connectivity index (χ3v) is 4.41. The number of hydrogen-bond donors (Lipinski definition) is 3. The van der Waals surface area contributed by atoms with E-state index < -0.39 is 11.7 Å². The van der Waals surface area contributed by atoms with Crippen molar-refractivity contribution in [1.29, 1.82) is 0 Å². The molecule has 2 atom stereocenters. The number of carbonyl (C=O) groups excluding carboxylic acids is 2. The lowest BCUT2D eigenvalue weighted by atomic mass is 9.97. The van der Waals surface area contributed by atoms with Gasteiger partial charge in [-0.2, -0.15) is 5.10 Å². The Morgan fingerprint density at radius 3 is 2.81 bits per heavy atom. The summed E-state index contributed by atoms with van der Waals surface area (Å²) in [6, 6.07) is 2.01. The maximum absolute atomic E-state index is 12.6. The molecular weight excluding hydrogens is 332 g/mol. The van der Waals surface area contributed by atoms with E-state index in [-0.39, 0.29) is 29.1 Å². The Balaban J connectivity index is 2.13. The normalized spacial score (nSPS) is 20.7. The quantitative estimate of drug-likeness (QED) is 0.392. The lowest BCUT2D eigenvalue weighted by molar-refractivity contribution is -0.119. The molecule has 3 N–H and O–H groups in total. The summed E-state index contributed by atoms with van der Waals surface area (Å²) < 4.78 is 1.94. The molecule has 1 aliphatic heterocycles. The molecule has 1 aromatic heterocycles. The second-order valence-corrected chi connectivity index (χ2v) is 6.52. The van der Waals surface area contributed by atoms with Gasteiger partial charge in [0.2, 0.25) is 0 Å². The van der Waals surface area contributed by atoms with Gasteiger partial charge in [-0.3, -0.25) is 14.3 Å². The Kier molecular flexibility index (Phi) is 6.52. The molecule has 1 saturated heterocycles. The number of aliphatic hydroxyl groups excluding tert-OH is 1. The summed E-state index contributed by atoms with van der Waals surface area (Å²) in [5.74, 6) is -0.879. The van der Waals surface area contributed by atoms with Crippen LogP contribution in [-0.4, -0.2) is 45.7 Å². The fraction of sp³-hybridized carbons (Fsp3) is 0.421. The van der Waals surface area contributed by atoms with Crippen molar-refractivity contribution in [2.75, 3.05) is 13.1 Å². The molecule has 0 aliphatic carbocycles. The second-order valence-electron chi connectivity index (χ2n) is 6.52. The maximum Gasteiger partial charge on any atom is 0.251 e. The van der Waals surface area contributed by atoms with Crippen LogP contribution in [0.4, 0.5) is 0 Å². The molecule has 0 saturated carbocycles. The molecule has 0 spiro atoms. The average Bonchev–Trinajstić information content (AvgIpc) is 3.24. The Morgan fingerprint density at radius 1 is 1.46 bits per heavy atom. The molecule has 26 heavy (non-hydrogen) atoms. The molecule has 0 bridgehead atoms. The highest BCUT2D eigenvalue weighted by atomic mass is 16.2. The van der Waals surface area contributed by atoms with Gasteiger partial charge in [-0.25, -0.2) is 0 Å². The van der Waals surface area contributed by atoms with Crippen LogP contribution in [-0.2, 0) is 9.59 Å². The molecule has 1 fully saturated rings. The maximum atomic E-state index is 12.6. The average molecular weight is 358 g/mol. The predicted octanol–water partition coefficient (Wildman–Crippen LogP) is 1.78. The summed E-state index contributed by atoms with van der Waals surface area (Å²) in [5.41, 5.74) is 0.873. The largest absolute Gasteiger partial charge is 0.515 e. The van der Waals surface area contributed by atoms with E-state index in [1.54, 1.807) is 19.2 Å². The van der Waals surface area contributed by atoms with Crippen LogP contribution >= 0.6 is 0 Å². The van der Waals surface area contributed by atoms with Gasteiger partial charge in [-0.15, -0.1) is 0 Å². The summed E-state index contributed by atoms with van der Waals surface area (Å²) >= 11 is 0. The van der Waals surface area contributed by atoms with E-state index in [0.29, 0.717) is 12.8 Å². The van der Waals surface area contributed by atoms with Crippen LogP contribution in [0.1, 0.15) is 38.4 Å².